The molecule has 172 valence electrons. The van der Waals surface area contributed by atoms with Crippen molar-refractivity contribution in [3.63, 3.8) is 0 Å². The van der Waals surface area contributed by atoms with Crippen LogP contribution < -0.4 is 10.1 Å². The van der Waals surface area contributed by atoms with E-state index in [2.05, 4.69) is 21.2 Å². The van der Waals surface area contributed by atoms with Crippen LogP contribution in [0.3, 0.4) is 0 Å². The Bertz CT molecular complexity index is 1060. The number of hydrogen-bond acceptors (Lipinski definition) is 3. The summed E-state index contributed by atoms with van der Waals surface area (Å²) in [6.45, 7) is 1.91. The first-order valence-electron chi connectivity index (χ1n) is 10.7. The highest BCUT2D eigenvalue weighted by molar-refractivity contribution is 9.10. The molecular formula is C26H26BrFN2O3. The van der Waals surface area contributed by atoms with E-state index in [0.29, 0.717) is 24.3 Å². The van der Waals surface area contributed by atoms with Gasteiger partial charge in [-0.25, -0.2) is 4.39 Å². The second-order valence-electron chi connectivity index (χ2n) is 7.46. The third kappa shape index (κ3) is 7.15. The number of amides is 2. The van der Waals surface area contributed by atoms with Gasteiger partial charge in [0.1, 0.15) is 17.6 Å². The van der Waals surface area contributed by atoms with Crippen LogP contribution in [-0.4, -0.2) is 35.9 Å². The zero-order valence-electron chi connectivity index (χ0n) is 18.3. The molecule has 33 heavy (non-hydrogen) atoms. The number of carbonyl (C=O) groups is 2. The van der Waals surface area contributed by atoms with E-state index in [-0.39, 0.29) is 19.1 Å². The number of likely N-dealkylation sites (N-methyl/N-ethyl adjacent to an activating group) is 1. The van der Waals surface area contributed by atoms with Gasteiger partial charge < -0.3 is 15.0 Å². The van der Waals surface area contributed by atoms with Gasteiger partial charge in [0.2, 0.25) is 5.91 Å². The Kier molecular flexibility index (Phi) is 9.01. The van der Waals surface area contributed by atoms with E-state index in [0.717, 1.165) is 10.0 Å². The third-order valence-corrected chi connectivity index (χ3v) is 5.63. The van der Waals surface area contributed by atoms with Gasteiger partial charge in [-0.05, 0) is 42.8 Å². The lowest BCUT2D eigenvalue weighted by Gasteiger charge is -2.31. The smallest absolute Gasteiger partial charge is 0.261 e. The Morgan fingerprint density at radius 1 is 1.00 bits per heavy atom. The molecule has 0 aliphatic heterocycles. The van der Waals surface area contributed by atoms with E-state index in [4.69, 9.17) is 4.74 Å². The molecule has 0 saturated heterocycles. The van der Waals surface area contributed by atoms with Crippen molar-refractivity contribution in [3.05, 3.63) is 100 Å². The quantitative estimate of drug-likeness (QED) is 0.426. The van der Waals surface area contributed by atoms with Crippen LogP contribution in [0.1, 0.15) is 18.1 Å². The predicted octanol–water partition coefficient (Wildman–Crippen LogP) is 4.74. The second kappa shape index (κ2) is 12.2. The molecule has 1 atom stereocenters. The summed E-state index contributed by atoms with van der Waals surface area (Å²) in [4.78, 5) is 27.8. The third-order valence-electron chi connectivity index (χ3n) is 5.10. The zero-order chi connectivity index (χ0) is 23.6. The minimum atomic E-state index is -0.826. The maximum atomic E-state index is 14.5. The van der Waals surface area contributed by atoms with Crippen LogP contribution >= 0.6 is 15.9 Å². The van der Waals surface area contributed by atoms with Gasteiger partial charge in [0, 0.05) is 29.5 Å². The average Bonchev–Trinajstić information content (AvgIpc) is 2.82. The number of benzene rings is 3. The van der Waals surface area contributed by atoms with E-state index in [9.17, 15) is 14.0 Å². The van der Waals surface area contributed by atoms with Crippen molar-refractivity contribution in [2.45, 2.75) is 25.9 Å². The number of carbonyl (C=O) groups excluding carboxylic acids is 2. The molecule has 5 nitrogen and oxygen atoms in total. The molecule has 0 aromatic heterocycles. The predicted molar refractivity (Wildman–Crippen MR) is 129 cm³/mol. The Balaban J connectivity index is 1.89. The van der Waals surface area contributed by atoms with Gasteiger partial charge in [-0.3, -0.25) is 9.59 Å². The number of rotatable bonds is 10. The minimum Gasteiger partial charge on any atom is -0.484 e. The Morgan fingerprint density at radius 2 is 1.67 bits per heavy atom. The lowest BCUT2D eigenvalue weighted by atomic mass is 10.0. The van der Waals surface area contributed by atoms with Crippen LogP contribution in [0.5, 0.6) is 5.75 Å². The number of nitrogens with one attached hydrogen (secondary N) is 1. The molecular weight excluding hydrogens is 487 g/mol. The first-order valence-corrected chi connectivity index (χ1v) is 11.5. The first-order chi connectivity index (χ1) is 16.0. The lowest BCUT2D eigenvalue weighted by Crippen LogP contribution is -2.51. The van der Waals surface area contributed by atoms with Crippen LogP contribution in [-0.2, 0) is 22.6 Å². The fourth-order valence-electron chi connectivity index (χ4n) is 3.41. The van der Waals surface area contributed by atoms with Crippen LogP contribution in [0.2, 0.25) is 0 Å². The highest BCUT2D eigenvalue weighted by atomic mass is 79.9. The van der Waals surface area contributed by atoms with Gasteiger partial charge in [0.25, 0.3) is 5.91 Å². The van der Waals surface area contributed by atoms with Crippen molar-refractivity contribution in [3.8, 4) is 5.75 Å². The maximum absolute atomic E-state index is 14.5. The minimum absolute atomic E-state index is 0.0517. The van der Waals surface area contributed by atoms with Gasteiger partial charge in [0.05, 0.1) is 0 Å². The SMILES string of the molecule is CCNC(=O)[C@H](Cc1ccccc1)N(Cc1ccccc1F)C(=O)COc1ccc(Br)cc1. The standard InChI is InChI=1S/C26H26BrFN2O3/c1-2-29-26(32)24(16-19-8-4-3-5-9-19)30(17-20-10-6-7-11-23(20)28)25(31)18-33-22-14-12-21(27)13-15-22/h3-15,24H,2,16-18H2,1H3,(H,29,32)/t24-/m0/s1. The first kappa shape index (κ1) is 24.5. The van der Waals surface area contributed by atoms with Gasteiger partial charge >= 0.3 is 0 Å². The normalized spacial score (nSPS) is 11.5. The molecule has 3 aromatic carbocycles. The molecule has 0 aliphatic carbocycles. The van der Waals surface area contributed by atoms with E-state index >= 15 is 0 Å². The van der Waals surface area contributed by atoms with Gasteiger partial charge in [0.15, 0.2) is 6.61 Å². The molecule has 2 amide bonds. The molecule has 0 aliphatic rings. The van der Waals surface area contributed by atoms with Crippen LogP contribution in [0.4, 0.5) is 4.39 Å². The molecule has 0 unspecified atom stereocenters. The van der Waals surface area contributed by atoms with E-state index < -0.39 is 17.8 Å². The highest BCUT2D eigenvalue weighted by Crippen LogP contribution is 2.19. The second-order valence-corrected chi connectivity index (χ2v) is 8.37. The summed E-state index contributed by atoms with van der Waals surface area (Å²) in [5.41, 5.74) is 1.23. The molecule has 3 aromatic rings. The van der Waals surface area contributed by atoms with E-state index in [1.807, 2.05) is 49.4 Å². The van der Waals surface area contributed by atoms with Crippen molar-refractivity contribution in [2.75, 3.05) is 13.2 Å². The highest BCUT2D eigenvalue weighted by Gasteiger charge is 2.31. The summed E-state index contributed by atoms with van der Waals surface area (Å²) in [5.74, 6) is -0.614. The summed E-state index contributed by atoms with van der Waals surface area (Å²) < 4.78 is 21.0. The number of nitrogens with zero attached hydrogens (tertiary/aromatic N) is 1. The fraction of sp³-hybridized carbons (Fsp3) is 0.231. The summed E-state index contributed by atoms with van der Waals surface area (Å²) >= 11 is 3.36. The van der Waals surface area contributed by atoms with Crippen molar-refractivity contribution < 1.29 is 18.7 Å². The molecule has 0 spiro atoms. The summed E-state index contributed by atoms with van der Waals surface area (Å²) in [5, 5.41) is 2.81. The molecule has 0 radical (unpaired) electrons. The molecule has 0 fully saturated rings. The van der Waals surface area contributed by atoms with E-state index in [1.54, 1.807) is 30.3 Å². The van der Waals surface area contributed by atoms with E-state index in [1.165, 1.54) is 11.0 Å². The number of ether oxygens (including phenoxy) is 1. The maximum Gasteiger partial charge on any atom is 0.261 e. The van der Waals surface area contributed by atoms with Crippen molar-refractivity contribution in [2.24, 2.45) is 0 Å². The zero-order valence-corrected chi connectivity index (χ0v) is 19.9. The van der Waals surface area contributed by atoms with Crippen molar-refractivity contribution in [1.82, 2.24) is 10.2 Å². The topological polar surface area (TPSA) is 58.6 Å². The number of hydrogen-bond donors (Lipinski definition) is 1. The summed E-state index contributed by atoms with van der Waals surface area (Å²) in [6.07, 6.45) is 0.297. The monoisotopic (exact) mass is 512 g/mol. The van der Waals surface area contributed by atoms with Gasteiger partial charge in [-0.15, -0.1) is 0 Å². The molecule has 3 rings (SSSR count). The largest absolute Gasteiger partial charge is 0.484 e. The fourth-order valence-corrected chi connectivity index (χ4v) is 3.68. The van der Waals surface area contributed by atoms with Crippen LogP contribution in [0, 0.1) is 5.82 Å². The Morgan fingerprint density at radius 3 is 2.33 bits per heavy atom. The van der Waals surface area contributed by atoms with Crippen LogP contribution in [0.15, 0.2) is 83.3 Å². The van der Waals surface area contributed by atoms with Crippen LogP contribution in [0.25, 0.3) is 0 Å². The molecule has 7 heteroatoms. The van der Waals surface area contributed by atoms with Crippen molar-refractivity contribution in [1.29, 1.82) is 0 Å². The van der Waals surface area contributed by atoms with Gasteiger partial charge in [-0.1, -0.05) is 64.5 Å². The summed E-state index contributed by atoms with van der Waals surface area (Å²) in [6, 6.07) is 22.0. The molecule has 0 heterocycles. The molecule has 0 saturated carbocycles. The Labute approximate surface area is 201 Å². The van der Waals surface area contributed by atoms with Gasteiger partial charge in [-0.2, -0.15) is 0 Å². The average molecular weight is 513 g/mol. The summed E-state index contributed by atoms with van der Waals surface area (Å²) in [7, 11) is 0. The lowest BCUT2D eigenvalue weighted by molar-refractivity contribution is -0.142. The Hall–Kier alpha value is -3.19. The molecule has 1 N–H and O–H groups in total. The van der Waals surface area contributed by atoms with Crippen molar-refractivity contribution >= 4 is 27.7 Å². The number of halogens is 2. The molecule has 0 bridgehead atoms.